The summed E-state index contributed by atoms with van der Waals surface area (Å²) in [5, 5.41) is 5.73. The van der Waals surface area contributed by atoms with E-state index in [1.165, 1.54) is 6.08 Å². The fourth-order valence-electron chi connectivity index (χ4n) is 1.95. The molecule has 1 aliphatic rings. The molecule has 2 N–H and O–H groups in total. The lowest BCUT2D eigenvalue weighted by molar-refractivity contribution is -0.116. The molecule has 1 fully saturated rings. The third-order valence-electron chi connectivity index (χ3n) is 3.13. The van der Waals surface area contributed by atoms with Crippen LogP contribution in [0.2, 0.25) is 0 Å². The first-order valence-electron chi connectivity index (χ1n) is 6.57. The number of hydrogen-bond acceptors (Lipinski definition) is 3. The van der Waals surface area contributed by atoms with Crippen molar-refractivity contribution in [1.82, 2.24) is 10.6 Å². The van der Waals surface area contributed by atoms with E-state index >= 15 is 0 Å². The molecule has 20 heavy (non-hydrogen) atoms. The molecule has 2 rings (SSSR count). The molecule has 1 saturated heterocycles. The maximum atomic E-state index is 12.0. The minimum Gasteiger partial charge on any atom is -0.348 e. The molecule has 0 spiro atoms. The Balaban J connectivity index is 1.88. The lowest BCUT2D eigenvalue weighted by atomic mass is 10.1. The highest BCUT2D eigenvalue weighted by Crippen LogP contribution is 2.17. The molecule has 0 aliphatic carbocycles. The Morgan fingerprint density at radius 1 is 1.35 bits per heavy atom. The highest BCUT2D eigenvalue weighted by atomic mass is 32.2. The van der Waals surface area contributed by atoms with E-state index in [1.807, 2.05) is 23.9 Å². The topological polar surface area (TPSA) is 58.2 Å². The van der Waals surface area contributed by atoms with Crippen molar-refractivity contribution in [2.45, 2.75) is 19.0 Å². The van der Waals surface area contributed by atoms with E-state index in [9.17, 15) is 9.59 Å². The van der Waals surface area contributed by atoms with Crippen molar-refractivity contribution in [3.63, 3.8) is 0 Å². The minimum absolute atomic E-state index is 0.0285. The van der Waals surface area contributed by atoms with Gasteiger partial charge < -0.3 is 10.6 Å². The number of rotatable bonds is 5. The van der Waals surface area contributed by atoms with Crippen LogP contribution in [0, 0.1) is 0 Å². The maximum absolute atomic E-state index is 12.0. The predicted octanol–water partition coefficient (Wildman–Crippen LogP) is 1.72. The van der Waals surface area contributed by atoms with Gasteiger partial charge in [0.25, 0.3) is 5.91 Å². The summed E-state index contributed by atoms with van der Waals surface area (Å²) in [6.45, 7) is 3.83. The summed E-state index contributed by atoms with van der Waals surface area (Å²) in [6, 6.07) is 7.56. The van der Waals surface area contributed by atoms with E-state index in [-0.39, 0.29) is 11.8 Å². The van der Waals surface area contributed by atoms with E-state index < -0.39 is 0 Å². The van der Waals surface area contributed by atoms with Crippen LogP contribution in [0.15, 0.2) is 36.9 Å². The first-order chi connectivity index (χ1) is 9.69. The summed E-state index contributed by atoms with van der Waals surface area (Å²) in [6.07, 6.45) is 2.28. The van der Waals surface area contributed by atoms with Crippen LogP contribution in [0.4, 0.5) is 0 Å². The van der Waals surface area contributed by atoms with Crippen molar-refractivity contribution >= 4 is 23.6 Å². The third kappa shape index (κ3) is 4.13. The summed E-state index contributed by atoms with van der Waals surface area (Å²) in [5.41, 5.74) is 1.61. The van der Waals surface area contributed by atoms with Crippen LogP contribution in [0.3, 0.4) is 0 Å². The van der Waals surface area contributed by atoms with Gasteiger partial charge in [-0.1, -0.05) is 18.7 Å². The fourth-order valence-corrected chi connectivity index (χ4v) is 3.10. The third-order valence-corrected chi connectivity index (χ3v) is 4.30. The van der Waals surface area contributed by atoms with Crippen molar-refractivity contribution in [1.29, 1.82) is 0 Å². The van der Waals surface area contributed by atoms with Gasteiger partial charge in [0.2, 0.25) is 5.91 Å². The molecule has 1 aliphatic heterocycles. The molecule has 0 bridgehead atoms. The van der Waals surface area contributed by atoms with Crippen LogP contribution in [0.1, 0.15) is 22.3 Å². The van der Waals surface area contributed by atoms with Gasteiger partial charge >= 0.3 is 0 Å². The largest absolute Gasteiger partial charge is 0.348 e. The van der Waals surface area contributed by atoms with Gasteiger partial charge in [-0.05, 0) is 35.9 Å². The fraction of sp³-hybridized carbons (Fsp3) is 0.333. The highest BCUT2D eigenvalue weighted by Gasteiger charge is 2.18. The average molecular weight is 290 g/mol. The zero-order valence-corrected chi connectivity index (χ0v) is 12.0. The van der Waals surface area contributed by atoms with Crippen LogP contribution >= 0.6 is 11.8 Å². The van der Waals surface area contributed by atoms with Crippen LogP contribution in [-0.4, -0.2) is 29.4 Å². The van der Waals surface area contributed by atoms with Gasteiger partial charge in [0.15, 0.2) is 0 Å². The second-order valence-corrected chi connectivity index (χ2v) is 5.80. The molecule has 1 unspecified atom stereocenters. The maximum Gasteiger partial charge on any atom is 0.251 e. The lowest BCUT2D eigenvalue weighted by Crippen LogP contribution is -2.34. The zero-order valence-electron chi connectivity index (χ0n) is 11.2. The Labute approximate surface area is 123 Å². The quantitative estimate of drug-likeness (QED) is 0.812. The van der Waals surface area contributed by atoms with Crippen LogP contribution in [0.25, 0.3) is 0 Å². The molecule has 2 amide bonds. The van der Waals surface area contributed by atoms with Crippen molar-refractivity contribution in [3.05, 3.63) is 48.0 Å². The second kappa shape index (κ2) is 7.14. The highest BCUT2D eigenvalue weighted by molar-refractivity contribution is 7.99. The van der Waals surface area contributed by atoms with Gasteiger partial charge in [0.05, 0.1) is 0 Å². The summed E-state index contributed by atoms with van der Waals surface area (Å²) in [4.78, 5) is 23.1. The molecule has 0 radical (unpaired) electrons. The molecule has 1 aromatic carbocycles. The normalized spacial score (nSPS) is 17.5. The molecule has 0 aromatic heterocycles. The van der Waals surface area contributed by atoms with E-state index in [0.717, 1.165) is 23.5 Å². The summed E-state index contributed by atoms with van der Waals surface area (Å²) in [7, 11) is 0. The van der Waals surface area contributed by atoms with Crippen molar-refractivity contribution in [2.75, 3.05) is 11.5 Å². The number of carbonyl (C=O) groups excluding carboxylic acids is 2. The molecular weight excluding hydrogens is 272 g/mol. The standard InChI is InChI=1S/C15H18N2O2S/c1-2-14(18)16-9-11-3-5-12(6-4-11)15(19)17-13-7-8-20-10-13/h2-6,13H,1,7-10H2,(H,16,18)(H,17,19). The van der Waals surface area contributed by atoms with Gasteiger partial charge in [-0.25, -0.2) is 0 Å². The molecule has 106 valence electrons. The number of hydrogen-bond donors (Lipinski definition) is 2. The molecule has 5 heteroatoms. The Morgan fingerprint density at radius 2 is 2.10 bits per heavy atom. The smallest absolute Gasteiger partial charge is 0.251 e. The van der Waals surface area contributed by atoms with Gasteiger partial charge in [-0.2, -0.15) is 11.8 Å². The predicted molar refractivity (Wildman–Crippen MR) is 81.7 cm³/mol. The van der Waals surface area contributed by atoms with E-state index in [0.29, 0.717) is 18.2 Å². The summed E-state index contributed by atoms with van der Waals surface area (Å²) in [5.74, 6) is 1.88. The minimum atomic E-state index is -0.203. The van der Waals surface area contributed by atoms with Gasteiger partial charge in [-0.3, -0.25) is 9.59 Å². The van der Waals surface area contributed by atoms with Gasteiger partial charge in [0.1, 0.15) is 0 Å². The Bertz CT molecular complexity index is 493. The van der Waals surface area contributed by atoms with E-state index in [2.05, 4.69) is 17.2 Å². The summed E-state index contributed by atoms with van der Waals surface area (Å²) < 4.78 is 0. The first-order valence-corrected chi connectivity index (χ1v) is 7.72. The Morgan fingerprint density at radius 3 is 2.70 bits per heavy atom. The van der Waals surface area contributed by atoms with Crippen molar-refractivity contribution in [2.24, 2.45) is 0 Å². The number of nitrogens with one attached hydrogen (secondary N) is 2. The SMILES string of the molecule is C=CC(=O)NCc1ccc(C(=O)NC2CCSC2)cc1. The molecular formula is C15H18N2O2S. The Hall–Kier alpha value is -1.75. The molecule has 4 nitrogen and oxygen atoms in total. The second-order valence-electron chi connectivity index (χ2n) is 4.65. The molecule has 1 aromatic rings. The van der Waals surface area contributed by atoms with E-state index in [4.69, 9.17) is 0 Å². The van der Waals surface area contributed by atoms with Crippen molar-refractivity contribution < 1.29 is 9.59 Å². The van der Waals surface area contributed by atoms with E-state index in [1.54, 1.807) is 12.1 Å². The zero-order chi connectivity index (χ0) is 14.4. The van der Waals surface area contributed by atoms with Gasteiger partial charge in [0, 0.05) is 23.9 Å². The molecule has 1 atom stereocenters. The first kappa shape index (κ1) is 14.7. The lowest BCUT2D eigenvalue weighted by Gasteiger charge is -2.11. The van der Waals surface area contributed by atoms with Crippen LogP contribution in [0.5, 0.6) is 0 Å². The van der Waals surface area contributed by atoms with Crippen molar-refractivity contribution in [3.8, 4) is 0 Å². The summed E-state index contributed by atoms with van der Waals surface area (Å²) >= 11 is 1.87. The average Bonchev–Trinajstić information content (AvgIpc) is 2.98. The van der Waals surface area contributed by atoms with Gasteiger partial charge in [-0.15, -0.1) is 0 Å². The van der Waals surface area contributed by atoms with Crippen LogP contribution < -0.4 is 10.6 Å². The Kier molecular flexibility index (Phi) is 5.24. The number of amides is 2. The van der Waals surface area contributed by atoms with Crippen LogP contribution in [-0.2, 0) is 11.3 Å². The molecule has 0 saturated carbocycles. The number of carbonyl (C=O) groups is 2. The number of thioether (sulfide) groups is 1. The molecule has 1 heterocycles. The number of benzene rings is 1. The monoisotopic (exact) mass is 290 g/mol.